The summed E-state index contributed by atoms with van der Waals surface area (Å²) >= 11 is 0. The van der Waals surface area contributed by atoms with Gasteiger partial charge in [0.1, 0.15) is 0 Å². The zero-order valence-corrected chi connectivity index (χ0v) is 13.0. The van der Waals surface area contributed by atoms with Gasteiger partial charge in [-0.1, -0.05) is 12.1 Å². The minimum absolute atomic E-state index is 0.107. The van der Waals surface area contributed by atoms with Crippen molar-refractivity contribution in [3.05, 3.63) is 35.9 Å². The van der Waals surface area contributed by atoms with Gasteiger partial charge in [-0.3, -0.25) is 4.79 Å². The Bertz CT molecular complexity index is 485. The van der Waals surface area contributed by atoms with Crippen LogP contribution in [0.25, 0.3) is 6.08 Å². The van der Waals surface area contributed by atoms with E-state index in [0.717, 1.165) is 43.7 Å². The molecule has 0 aromatic heterocycles. The van der Waals surface area contributed by atoms with E-state index in [9.17, 15) is 4.79 Å². The van der Waals surface area contributed by atoms with Gasteiger partial charge in [0, 0.05) is 31.4 Å². The molecule has 1 aromatic rings. The topological polar surface area (TPSA) is 49.6 Å². The fourth-order valence-electron chi connectivity index (χ4n) is 2.73. The van der Waals surface area contributed by atoms with Crippen molar-refractivity contribution >= 4 is 17.7 Å². The molecule has 4 nitrogen and oxygen atoms in total. The first-order valence-corrected chi connectivity index (χ1v) is 7.52. The van der Waals surface area contributed by atoms with Crippen LogP contribution in [-0.2, 0) is 4.79 Å². The maximum atomic E-state index is 12.2. The number of amides is 1. The minimum Gasteiger partial charge on any atom is -0.399 e. The standard InChI is InChI=1S/C17H25N3O/c1-19(2)13-15-9-11-20(12-10-15)17(21)8-5-14-3-6-16(18)7-4-14/h3-8,15H,9-13,18H2,1-2H3/b8-5+. The number of benzene rings is 1. The number of carbonyl (C=O) groups excluding carboxylic acids is 1. The van der Waals surface area contributed by atoms with E-state index in [-0.39, 0.29) is 5.91 Å². The Hall–Kier alpha value is -1.81. The number of piperidine rings is 1. The van der Waals surface area contributed by atoms with E-state index in [1.165, 1.54) is 0 Å². The summed E-state index contributed by atoms with van der Waals surface area (Å²) < 4.78 is 0. The number of rotatable bonds is 4. The second-order valence-electron chi connectivity index (χ2n) is 6.03. The largest absolute Gasteiger partial charge is 0.399 e. The Morgan fingerprint density at radius 2 is 1.90 bits per heavy atom. The highest BCUT2D eigenvalue weighted by Crippen LogP contribution is 2.18. The molecule has 114 valence electrons. The van der Waals surface area contributed by atoms with Crippen LogP contribution in [0.15, 0.2) is 30.3 Å². The smallest absolute Gasteiger partial charge is 0.246 e. The molecule has 1 aliphatic rings. The number of hydrogen-bond acceptors (Lipinski definition) is 3. The highest BCUT2D eigenvalue weighted by atomic mass is 16.2. The molecule has 0 unspecified atom stereocenters. The van der Waals surface area contributed by atoms with Crippen molar-refractivity contribution in [2.75, 3.05) is 39.5 Å². The van der Waals surface area contributed by atoms with Crippen molar-refractivity contribution in [1.29, 1.82) is 0 Å². The summed E-state index contributed by atoms with van der Waals surface area (Å²) in [6.45, 7) is 2.84. The van der Waals surface area contributed by atoms with E-state index in [1.807, 2.05) is 35.2 Å². The first kappa shape index (κ1) is 15.6. The van der Waals surface area contributed by atoms with E-state index >= 15 is 0 Å². The van der Waals surface area contributed by atoms with Gasteiger partial charge in [0.25, 0.3) is 0 Å². The molecule has 0 aliphatic carbocycles. The SMILES string of the molecule is CN(C)CC1CCN(C(=O)/C=C/c2ccc(N)cc2)CC1. The zero-order valence-electron chi connectivity index (χ0n) is 13.0. The molecule has 4 heteroatoms. The molecular weight excluding hydrogens is 262 g/mol. The number of anilines is 1. The van der Waals surface area contributed by atoms with Crippen LogP contribution in [0.4, 0.5) is 5.69 Å². The molecule has 2 rings (SSSR count). The molecule has 1 heterocycles. The van der Waals surface area contributed by atoms with Crippen molar-refractivity contribution in [1.82, 2.24) is 9.80 Å². The lowest BCUT2D eigenvalue weighted by atomic mass is 9.96. The molecule has 2 N–H and O–H groups in total. The van der Waals surface area contributed by atoms with Gasteiger partial charge in [-0.15, -0.1) is 0 Å². The third kappa shape index (κ3) is 4.90. The fraction of sp³-hybridized carbons (Fsp3) is 0.471. The molecule has 1 aromatic carbocycles. The summed E-state index contributed by atoms with van der Waals surface area (Å²) in [5, 5.41) is 0. The average Bonchev–Trinajstić information content (AvgIpc) is 2.46. The average molecular weight is 287 g/mol. The van der Waals surface area contributed by atoms with Gasteiger partial charge in [0.15, 0.2) is 0 Å². The lowest BCUT2D eigenvalue weighted by molar-refractivity contribution is -0.127. The van der Waals surface area contributed by atoms with E-state index in [0.29, 0.717) is 5.92 Å². The van der Waals surface area contributed by atoms with E-state index in [2.05, 4.69) is 19.0 Å². The summed E-state index contributed by atoms with van der Waals surface area (Å²) in [5.74, 6) is 0.820. The minimum atomic E-state index is 0.107. The Morgan fingerprint density at radius 3 is 2.48 bits per heavy atom. The van der Waals surface area contributed by atoms with Crippen LogP contribution in [0, 0.1) is 5.92 Å². The predicted octanol–water partition coefficient (Wildman–Crippen LogP) is 2.08. The number of nitrogens with two attached hydrogens (primary N) is 1. The number of nitrogen functional groups attached to an aromatic ring is 1. The molecule has 0 saturated carbocycles. The van der Waals surface area contributed by atoms with Crippen molar-refractivity contribution < 1.29 is 4.79 Å². The van der Waals surface area contributed by atoms with Crippen LogP contribution in [0.5, 0.6) is 0 Å². The van der Waals surface area contributed by atoms with Crippen molar-refractivity contribution in [3.8, 4) is 0 Å². The first-order chi connectivity index (χ1) is 10.0. The van der Waals surface area contributed by atoms with E-state index in [4.69, 9.17) is 5.73 Å². The molecule has 1 aliphatic heterocycles. The number of carbonyl (C=O) groups is 1. The van der Waals surface area contributed by atoms with Crippen LogP contribution in [0.3, 0.4) is 0 Å². The van der Waals surface area contributed by atoms with Crippen molar-refractivity contribution in [3.63, 3.8) is 0 Å². The molecule has 1 amide bonds. The van der Waals surface area contributed by atoms with Crippen LogP contribution < -0.4 is 5.73 Å². The molecule has 1 fully saturated rings. The quantitative estimate of drug-likeness (QED) is 0.681. The fourth-order valence-corrected chi connectivity index (χ4v) is 2.73. The molecule has 0 radical (unpaired) electrons. The molecule has 1 saturated heterocycles. The maximum Gasteiger partial charge on any atom is 0.246 e. The summed E-state index contributed by atoms with van der Waals surface area (Å²) in [7, 11) is 4.21. The third-order valence-electron chi connectivity index (χ3n) is 3.90. The third-order valence-corrected chi connectivity index (χ3v) is 3.90. The molecule has 0 atom stereocenters. The number of nitrogens with zero attached hydrogens (tertiary/aromatic N) is 2. The lowest BCUT2D eigenvalue weighted by Crippen LogP contribution is -2.39. The monoisotopic (exact) mass is 287 g/mol. The van der Waals surface area contributed by atoms with E-state index < -0.39 is 0 Å². The van der Waals surface area contributed by atoms with Crippen molar-refractivity contribution in [2.24, 2.45) is 5.92 Å². The number of hydrogen-bond donors (Lipinski definition) is 1. The van der Waals surface area contributed by atoms with Crippen LogP contribution in [0.2, 0.25) is 0 Å². The lowest BCUT2D eigenvalue weighted by Gasteiger charge is -2.32. The van der Waals surface area contributed by atoms with E-state index in [1.54, 1.807) is 6.08 Å². The molecular formula is C17H25N3O. The second-order valence-corrected chi connectivity index (χ2v) is 6.03. The Balaban J connectivity index is 1.83. The van der Waals surface area contributed by atoms with Gasteiger partial charge in [-0.2, -0.15) is 0 Å². The van der Waals surface area contributed by atoms with Gasteiger partial charge >= 0.3 is 0 Å². The van der Waals surface area contributed by atoms with Crippen molar-refractivity contribution in [2.45, 2.75) is 12.8 Å². The molecule has 21 heavy (non-hydrogen) atoms. The first-order valence-electron chi connectivity index (χ1n) is 7.52. The Labute approximate surface area is 127 Å². The number of likely N-dealkylation sites (tertiary alicyclic amines) is 1. The second kappa shape index (κ2) is 7.27. The Kier molecular flexibility index (Phi) is 5.39. The van der Waals surface area contributed by atoms with Gasteiger partial charge in [0.05, 0.1) is 0 Å². The highest BCUT2D eigenvalue weighted by Gasteiger charge is 2.21. The maximum absolute atomic E-state index is 12.2. The summed E-state index contributed by atoms with van der Waals surface area (Å²) in [6.07, 6.45) is 5.71. The predicted molar refractivity (Wildman–Crippen MR) is 87.7 cm³/mol. The Morgan fingerprint density at radius 1 is 1.29 bits per heavy atom. The summed E-state index contributed by atoms with van der Waals surface area (Å²) in [4.78, 5) is 16.3. The van der Waals surface area contributed by atoms with Crippen LogP contribution >= 0.6 is 0 Å². The van der Waals surface area contributed by atoms with Gasteiger partial charge in [0.2, 0.25) is 5.91 Å². The summed E-state index contributed by atoms with van der Waals surface area (Å²) in [6, 6.07) is 7.53. The van der Waals surface area contributed by atoms with Gasteiger partial charge < -0.3 is 15.5 Å². The van der Waals surface area contributed by atoms with Gasteiger partial charge in [-0.25, -0.2) is 0 Å². The normalized spacial score (nSPS) is 16.8. The molecule has 0 bridgehead atoms. The summed E-state index contributed by atoms with van der Waals surface area (Å²) in [5.41, 5.74) is 7.38. The van der Waals surface area contributed by atoms with Crippen LogP contribution in [0.1, 0.15) is 18.4 Å². The molecule has 0 spiro atoms. The zero-order chi connectivity index (χ0) is 15.2. The van der Waals surface area contributed by atoms with Crippen LogP contribution in [-0.4, -0.2) is 49.4 Å². The van der Waals surface area contributed by atoms with Gasteiger partial charge in [-0.05, 0) is 56.6 Å². The highest BCUT2D eigenvalue weighted by molar-refractivity contribution is 5.91.